The van der Waals surface area contributed by atoms with Crippen LogP contribution < -0.4 is 24.0 Å². The Morgan fingerprint density at radius 3 is 2.50 bits per heavy atom. The minimum Gasteiger partial charge on any atom is -1.00 e. The van der Waals surface area contributed by atoms with Gasteiger partial charge in [0.1, 0.15) is 10.3 Å². The second kappa shape index (κ2) is 7.55. The molecule has 0 amide bonds. The molecular formula is C10H13IS. The molecule has 0 aromatic carbocycles. The van der Waals surface area contributed by atoms with Crippen molar-refractivity contribution < 1.29 is 24.0 Å². The van der Waals surface area contributed by atoms with Gasteiger partial charge in [-0.25, -0.2) is 0 Å². The van der Waals surface area contributed by atoms with Gasteiger partial charge in [-0.15, -0.1) is 0 Å². The van der Waals surface area contributed by atoms with E-state index in [9.17, 15) is 0 Å². The number of hydrogen-bond donors (Lipinski definition) is 0. The molecule has 1 rings (SSSR count). The van der Waals surface area contributed by atoms with Gasteiger partial charge in [-0.1, -0.05) is 31.2 Å². The zero-order chi connectivity index (χ0) is 7.94. The van der Waals surface area contributed by atoms with Crippen LogP contribution in [-0.4, -0.2) is 0 Å². The van der Waals surface area contributed by atoms with Gasteiger partial charge in [0, 0.05) is 6.42 Å². The van der Waals surface area contributed by atoms with Crippen LogP contribution in [0.4, 0.5) is 0 Å². The molecular weight excluding hydrogens is 279 g/mol. The van der Waals surface area contributed by atoms with E-state index in [1.54, 1.807) is 0 Å². The lowest BCUT2D eigenvalue weighted by Crippen LogP contribution is -3.00. The molecule has 1 aromatic rings. The maximum absolute atomic E-state index is 2.19. The van der Waals surface area contributed by atoms with Crippen LogP contribution in [0.3, 0.4) is 0 Å². The highest BCUT2D eigenvalue weighted by molar-refractivity contribution is 7.09. The van der Waals surface area contributed by atoms with Crippen molar-refractivity contribution in [3.8, 4) is 0 Å². The van der Waals surface area contributed by atoms with Crippen LogP contribution in [0.2, 0.25) is 0 Å². The zero-order valence-corrected chi connectivity index (χ0v) is 10.1. The fourth-order valence-electron chi connectivity index (χ4n) is 0.800. The topological polar surface area (TPSA) is 0 Å². The number of aryl methyl sites for hydroxylation is 1. The van der Waals surface area contributed by atoms with Crippen LogP contribution in [0.5, 0.6) is 0 Å². The normalized spacial score (nSPS) is 8.08. The summed E-state index contributed by atoms with van der Waals surface area (Å²) >= 11 is 1.32. The molecule has 1 aromatic heterocycles. The molecule has 0 N–H and O–H groups in total. The summed E-state index contributed by atoms with van der Waals surface area (Å²) in [6.45, 7) is 2.19. The van der Waals surface area contributed by atoms with Crippen molar-refractivity contribution in [2.45, 2.75) is 13.3 Å². The SMILES string of the molecule is CCc1ccccccc[sH+]1.[I-]. The van der Waals surface area contributed by atoms with E-state index in [1.165, 1.54) is 16.2 Å². The summed E-state index contributed by atoms with van der Waals surface area (Å²) in [6, 6.07) is 12.5. The van der Waals surface area contributed by atoms with Crippen molar-refractivity contribution >= 4 is 11.3 Å². The van der Waals surface area contributed by atoms with Crippen LogP contribution in [0.1, 0.15) is 11.8 Å². The van der Waals surface area contributed by atoms with Crippen molar-refractivity contribution in [1.29, 1.82) is 0 Å². The molecule has 0 aliphatic rings. The summed E-state index contributed by atoms with van der Waals surface area (Å²) in [5.74, 6) is 0. The van der Waals surface area contributed by atoms with E-state index in [0.717, 1.165) is 6.42 Å². The lowest BCUT2D eigenvalue weighted by Gasteiger charge is -1.76. The maximum Gasteiger partial charge on any atom is 0.147 e. The average Bonchev–Trinajstić information content (AvgIpc) is 2.16. The largest absolute Gasteiger partial charge is 1.00 e. The third-order valence-electron chi connectivity index (χ3n) is 1.42. The Hall–Kier alpha value is -0.0900. The molecule has 66 valence electrons. The Bertz CT molecular complexity index is 230. The Balaban J connectivity index is 0.00000121. The first kappa shape index (κ1) is 11.9. The maximum atomic E-state index is 2.19. The van der Waals surface area contributed by atoms with Crippen molar-refractivity contribution in [1.82, 2.24) is 0 Å². The molecule has 12 heavy (non-hydrogen) atoms. The Morgan fingerprint density at radius 2 is 1.75 bits per heavy atom. The lowest BCUT2D eigenvalue weighted by atomic mass is 10.4. The molecule has 0 aliphatic heterocycles. The lowest BCUT2D eigenvalue weighted by molar-refractivity contribution is -0.00000221. The molecule has 0 nitrogen and oxygen atoms in total. The summed E-state index contributed by atoms with van der Waals surface area (Å²) in [4.78, 5) is 1.46. The second-order valence-electron chi connectivity index (χ2n) is 2.25. The quantitative estimate of drug-likeness (QED) is 0.511. The molecule has 0 atom stereocenters. The fourth-order valence-corrected chi connectivity index (χ4v) is 1.53. The van der Waals surface area contributed by atoms with Gasteiger partial charge in [-0.05, 0) is 23.5 Å². The smallest absolute Gasteiger partial charge is 0.147 e. The van der Waals surface area contributed by atoms with Gasteiger partial charge in [0.15, 0.2) is 0 Å². The first-order valence-corrected chi connectivity index (χ1v) is 4.79. The fraction of sp³-hybridized carbons (Fsp3) is 0.200. The van der Waals surface area contributed by atoms with Crippen molar-refractivity contribution in [3.05, 3.63) is 46.7 Å². The highest BCUT2D eigenvalue weighted by atomic mass is 127. The van der Waals surface area contributed by atoms with E-state index in [2.05, 4.69) is 42.6 Å². The van der Waals surface area contributed by atoms with E-state index >= 15 is 0 Å². The first-order chi connectivity index (χ1) is 5.43. The van der Waals surface area contributed by atoms with Gasteiger partial charge in [-0.2, -0.15) is 0 Å². The molecule has 0 saturated heterocycles. The van der Waals surface area contributed by atoms with E-state index in [-0.39, 0.29) is 24.0 Å². The van der Waals surface area contributed by atoms with E-state index in [1.807, 2.05) is 6.07 Å². The van der Waals surface area contributed by atoms with Crippen LogP contribution >= 0.6 is 11.3 Å². The molecule has 0 radical (unpaired) electrons. The highest BCUT2D eigenvalue weighted by Crippen LogP contribution is 2.03. The van der Waals surface area contributed by atoms with Gasteiger partial charge >= 0.3 is 0 Å². The number of halogens is 1. The third-order valence-corrected chi connectivity index (χ3v) is 2.54. The zero-order valence-electron chi connectivity index (χ0n) is 7.07. The summed E-state index contributed by atoms with van der Waals surface area (Å²) in [5, 5.41) is 2.17. The summed E-state index contributed by atoms with van der Waals surface area (Å²) in [5.41, 5.74) is 0. The van der Waals surface area contributed by atoms with E-state index in [4.69, 9.17) is 0 Å². The standard InChI is InChI=1S/C10H12S.HI/c1-2-10-8-6-4-3-5-7-9-11-10;/h3-9H,2H2,1H3;1H. The van der Waals surface area contributed by atoms with Crippen molar-refractivity contribution in [2.75, 3.05) is 0 Å². The minimum absolute atomic E-state index is 0. The molecule has 0 spiro atoms. The van der Waals surface area contributed by atoms with Crippen molar-refractivity contribution in [2.24, 2.45) is 0 Å². The third kappa shape index (κ3) is 4.72. The van der Waals surface area contributed by atoms with Crippen LogP contribution in [0.25, 0.3) is 0 Å². The Kier molecular flexibility index (Phi) is 7.50. The molecule has 0 bridgehead atoms. The second-order valence-corrected chi connectivity index (χ2v) is 3.38. The number of hydrogen-bond acceptors (Lipinski definition) is 0. The Morgan fingerprint density at radius 1 is 1.08 bits per heavy atom. The van der Waals surface area contributed by atoms with Gasteiger partial charge in [-0.3, -0.25) is 0 Å². The average molecular weight is 292 g/mol. The van der Waals surface area contributed by atoms with Gasteiger partial charge in [0.25, 0.3) is 0 Å². The van der Waals surface area contributed by atoms with Crippen LogP contribution in [-0.2, 0) is 6.42 Å². The summed E-state index contributed by atoms with van der Waals surface area (Å²) < 4.78 is 0. The molecule has 1 heterocycles. The first-order valence-electron chi connectivity index (χ1n) is 3.83. The molecule has 2 heteroatoms. The number of rotatable bonds is 1. The molecule has 0 aliphatic carbocycles. The van der Waals surface area contributed by atoms with E-state index in [0.29, 0.717) is 0 Å². The van der Waals surface area contributed by atoms with Gasteiger partial charge in [0.05, 0.1) is 0 Å². The van der Waals surface area contributed by atoms with Crippen LogP contribution in [0.15, 0.2) is 41.8 Å². The summed E-state index contributed by atoms with van der Waals surface area (Å²) in [7, 11) is 0. The Labute approximate surface area is 95.0 Å². The van der Waals surface area contributed by atoms with Crippen LogP contribution in [0, 0.1) is 0 Å². The monoisotopic (exact) mass is 292 g/mol. The predicted molar refractivity (Wildman–Crippen MR) is 52.7 cm³/mol. The van der Waals surface area contributed by atoms with Crippen molar-refractivity contribution in [3.63, 3.8) is 0 Å². The molecule has 0 fully saturated rings. The highest BCUT2D eigenvalue weighted by Gasteiger charge is 1.87. The summed E-state index contributed by atoms with van der Waals surface area (Å²) in [6.07, 6.45) is 1.14. The van der Waals surface area contributed by atoms with Gasteiger partial charge in [0.2, 0.25) is 0 Å². The van der Waals surface area contributed by atoms with Gasteiger partial charge < -0.3 is 24.0 Å². The minimum atomic E-state index is 0. The predicted octanol–water partition coefficient (Wildman–Crippen LogP) is 0.171. The molecule has 0 unspecified atom stereocenters. The van der Waals surface area contributed by atoms with E-state index < -0.39 is 0 Å². The molecule has 0 saturated carbocycles.